The third-order valence-corrected chi connectivity index (χ3v) is 5.73. The zero-order valence-corrected chi connectivity index (χ0v) is 16.7. The molecule has 1 N–H and O–H groups in total. The molecule has 0 radical (unpaired) electrons. The van der Waals surface area contributed by atoms with Crippen LogP contribution in [-0.4, -0.2) is 49.6 Å². The van der Waals surface area contributed by atoms with Gasteiger partial charge < -0.3 is 19.9 Å². The third kappa shape index (κ3) is 4.36. The first-order chi connectivity index (χ1) is 14.1. The van der Waals surface area contributed by atoms with Gasteiger partial charge in [-0.25, -0.2) is 4.79 Å². The van der Waals surface area contributed by atoms with E-state index in [0.29, 0.717) is 18.2 Å². The average Bonchev–Trinajstić information content (AvgIpc) is 2.87. The van der Waals surface area contributed by atoms with Gasteiger partial charge in [-0.3, -0.25) is 4.79 Å². The summed E-state index contributed by atoms with van der Waals surface area (Å²) in [6.07, 6.45) is 3.06. The molecule has 2 heterocycles. The molecule has 6 nitrogen and oxygen atoms in total. The van der Waals surface area contributed by atoms with Crippen molar-refractivity contribution in [2.45, 2.75) is 25.3 Å². The number of urea groups is 1. The van der Waals surface area contributed by atoms with Crippen molar-refractivity contribution < 1.29 is 14.3 Å². The summed E-state index contributed by atoms with van der Waals surface area (Å²) in [7, 11) is 1.71. The second-order valence-corrected chi connectivity index (χ2v) is 7.82. The van der Waals surface area contributed by atoms with Crippen LogP contribution in [0, 0.1) is 5.92 Å². The number of likely N-dealkylation sites (N-methyl/N-ethyl adjacent to an activating group) is 1. The number of piperidine rings is 1. The molecule has 2 atom stereocenters. The molecule has 0 spiro atoms. The lowest BCUT2D eigenvalue weighted by Gasteiger charge is -2.34. The Kier molecular flexibility index (Phi) is 5.69. The lowest BCUT2D eigenvalue weighted by molar-refractivity contribution is -0.120. The topological polar surface area (TPSA) is 61.9 Å². The number of fused-ring (bicyclic) bond motifs is 1. The number of anilines is 1. The summed E-state index contributed by atoms with van der Waals surface area (Å²) in [4.78, 5) is 29.1. The number of rotatable bonds is 3. The molecular formula is C23H27N3O3. The summed E-state index contributed by atoms with van der Waals surface area (Å²) in [5.41, 5.74) is 2.02. The van der Waals surface area contributed by atoms with Crippen LogP contribution in [0.1, 0.15) is 18.4 Å². The first-order valence-corrected chi connectivity index (χ1v) is 10.2. The van der Waals surface area contributed by atoms with Crippen molar-refractivity contribution in [2.75, 3.05) is 31.6 Å². The monoisotopic (exact) mass is 393 g/mol. The number of carbonyl (C=O) groups is 2. The van der Waals surface area contributed by atoms with E-state index in [9.17, 15) is 9.59 Å². The fraction of sp³-hybridized carbons (Fsp3) is 0.391. The third-order valence-electron chi connectivity index (χ3n) is 5.73. The maximum atomic E-state index is 12.9. The second kappa shape index (κ2) is 8.55. The average molecular weight is 393 g/mol. The van der Waals surface area contributed by atoms with Crippen LogP contribution in [0.3, 0.4) is 0 Å². The maximum absolute atomic E-state index is 12.9. The number of carbonyl (C=O) groups excluding carboxylic acids is 2. The van der Waals surface area contributed by atoms with Gasteiger partial charge in [-0.05, 0) is 42.9 Å². The van der Waals surface area contributed by atoms with Crippen LogP contribution in [-0.2, 0) is 11.2 Å². The lowest BCUT2D eigenvalue weighted by atomic mass is 9.91. The highest BCUT2D eigenvalue weighted by atomic mass is 16.5. The van der Waals surface area contributed by atoms with Crippen molar-refractivity contribution in [1.29, 1.82) is 0 Å². The first kappa shape index (κ1) is 19.3. The number of benzene rings is 2. The summed E-state index contributed by atoms with van der Waals surface area (Å²) >= 11 is 0. The van der Waals surface area contributed by atoms with Gasteiger partial charge in [-0.2, -0.15) is 0 Å². The van der Waals surface area contributed by atoms with E-state index in [4.69, 9.17) is 4.74 Å². The number of hydrogen-bond donors (Lipinski definition) is 1. The van der Waals surface area contributed by atoms with E-state index in [2.05, 4.69) is 29.6 Å². The molecule has 0 aliphatic carbocycles. The summed E-state index contributed by atoms with van der Waals surface area (Å²) in [6.45, 7) is 1.56. The molecule has 6 heteroatoms. The number of hydrogen-bond acceptors (Lipinski definition) is 3. The van der Waals surface area contributed by atoms with Gasteiger partial charge in [-0.1, -0.05) is 42.5 Å². The Balaban J connectivity index is 1.38. The maximum Gasteiger partial charge on any atom is 0.318 e. The van der Waals surface area contributed by atoms with E-state index in [1.807, 2.05) is 35.2 Å². The predicted octanol–water partition coefficient (Wildman–Crippen LogP) is 3.07. The van der Waals surface area contributed by atoms with Crippen LogP contribution in [0.5, 0.6) is 5.75 Å². The zero-order chi connectivity index (χ0) is 20.2. The Morgan fingerprint density at radius 1 is 1.14 bits per heavy atom. The van der Waals surface area contributed by atoms with Crippen molar-refractivity contribution in [1.82, 2.24) is 10.2 Å². The lowest BCUT2D eigenvalue weighted by Crippen LogP contribution is -2.54. The molecular weight excluding hydrogens is 366 g/mol. The van der Waals surface area contributed by atoms with Gasteiger partial charge in [0.05, 0.1) is 5.69 Å². The Morgan fingerprint density at radius 3 is 2.72 bits per heavy atom. The van der Waals surface area contributed by atoms with Gasteiger partial charge in [0, 0.05) is 20.1 Å². The minimum atomic E-state index is -0.700. The summed E-state index contributed by atoms with van der Waals surface area (Å²) in [6, 6.07) is 16.9. The molecule has 2 aromatic rings. The number of para-hydroxylation sites is 2. The number of amides is 3. The van der Waals surface area contributed by atoms with Gasteiger partial charge in [0.2, 0.25) is 0 Å². The molecule has 2 unspecified atom stereocenters. The quantitative estimate of drug-likeness (QED) is 0.872. The molecule has 1 saturated heterocycles. The number of ether oxygens (including phenoxy) is 1. The van der Waals surface area contributed by atoms with Gasteiger partial charge >= 0.3 is 6.03 Å². The van der Waals surface area contributed by atoms with Gasteiger partial charge in [-0.15, -0.1) is 0 Å². The van der Waals surface area contributed by atoms with Gasteiger partial charge in [0.25, 0.3) is 5.91 Å². The molecule has 2 aromatic carbocycles. The Morgan fingerprint density at radius 2 is 1.90 bits per heavy atom. The Bertz CT molecular complexity index is 871. The Hall–Kier alpha value is -3.02. The van der Waals surface area contributed by atoms with Crippen LogP contribution >= 0.6 is 0 Å². The van der Waals surface area contributed by atoms with Crippen molar-refractivity contribution in [3.63, 3.8) is 0 Å². The van der Waals surface area contributed by atoms with Crippen LogP contribution in [0.2, 0.25) is 0 Å². The molecule has 0 aromatic heterocycles. The van der Waals surface area contributed by atoms with Crippen LogP contribution in [0.4, 0.5) is 10.5 Å². The predicted molar refractivity (Wildman–Crippen MR) is 112 cm³/mol. The largest absolute Gasteiger partial charge is 0.489 e. The molecule has 0 bridgehead atoms. The second-order valence-electron chi connectivity index (χ2n) is 7.82. The highest BCUT2D eigenvalue weighted by molar-refractivity contribution is 6.00. The fourth-order valence-corrected chi connectivity index (χ4v) is 4.16. The summed E-state index contributed by atoms with van der Waals surface area (Å²) < 4.78 is 5.79. The summed E-state index contributed by atoms with van der Waals surface area (Å²) in [5, 5.41) is 2.90. The highest BCUT2D eigenvalue weighted by Crippen LogP contribution is 2.30. The van der Waals surface area contributed by atoms with Crippen molar-refractivity contribution in [2.24, 2.45) is 5.92 Å². The normalized spacial score (nSPS) is 21.8. The summed E-state index contributed by atoms with van der Waals surface area (Å²) in [5.74, 6) is 0.923. The minimum Gasteiger partial charge on any atom is -0.489 e. The number of likely N-dealkylation sites (tertiary alicyclic amines) is 1. The van der Waals surface area contributed by atoms with E-state index in [1.54, 1.807) is 11.9 Å². The molecule has 2 aliphatic rings. The van der Waals surface area contributed by atoms with Crippen LogP contribution in [0.15, 0.2) is 54.6 Å². The van der Waals surface area contributed by atoms with Crippen molar-refractivity contribution >= 4 is 17.6 Å². The highest BCUT2D eigenvalue weighted by Gasteiger charge is 2.32. The molecule has 1 fully saturated rings. The number of nitrogens with one attached hydrogen (secondary N) is 1. The smallest absolute Gasteiger partial charge is 0.318 e. The van der Waals surface area contributed by atoms with E-state index in [-0.39, 0.29) is 18.5 Å². The molecule has 152 valence electrons. The van der Waals surface area contributed by atoms with Crippen molar-refractivity contribution in [3.8, 4) is 5.75 Å². The molecule has 0 saturated carbocycles. The zero-order valence-electron chi connectivity index (χ0n) is 16.7. The van der Waals surface area contributed by atoms with Crippen LogP contribution < -0.4 is 15.0 Å². The van der Waals surface area contributed by atoms with Crippen molar-refractivity contribution in [3.05, 3.63) is 60.2 Å². The van der Waals surface area contributed by atoms with E-state index in [0.717, 1.165) is 31.5 Å². The standard InChI is InChI=1S/C23H27N3O3/c1-25-20-11-5-6-12-21(20)29-16-19(22(25)27)24-23(28)26-13-7-10-18(15-26)14-17-8-3-2-4-9-17/h2-6,8-9,11-12,18-19H,7,10,13-16H2,1H3,(H,24,28). The van der Waals surface area contributed by atoms with E-state index < -0.39 is 6.04 Å². The number of nitrogens with zero attached hydrogens (tertiary/aromatic N) is 2. The van der Waals surface area contributed by atoms with E-state index in [1.165, 1.54) is 5.56 Å². The molecule has 2 aliphatic heterocycles. The first-order valence-electron chi connectivity index (χ1n) is 10.2. The van der Waals surface area contributed by atoms with Gasteiger partial charge in [0.15, 0.2) is 0 Å². The molecule has 29 heavy (non-hydrogen) atoms. The van der Waals surface area contributed by atoms with E-state index >= 15 is 0 Å². The van der Waals surface area contributed by atoms with Crippen LogP contribution in [0.25, 0.3) is 0 Å². The van der Waals surface area contributed by atoms with Gasteiger partial charge in [0.1, 0.15) is 18.4 Å². The molecule has 3 amide bonds. The minimum absolute atomic E-state index is 0.132. The molecule has 4 rings (SSSR count). The fourth-order valence-electron chi connectivity index (χ4n) is 4.16. The SMILES string of the molecule is CN1C(=O)C(NC(=O)N2CCCC(Cc3ccccc3)C2)COc2ccccc21. The Labute approximate surface area is 171 Å².